The third kappa shape index (κ3) is 5.29. The van der Waals surface area contributed by atoms with Gasteiger partial charge in [0.05, 0.1) is 12.8 Å². The Kier molecular flexibility index (Phi) is 6.59. The van der Waals surface area contributed by atoms with E-state index in [9.17, 15) is 18.0 Å². The number of benzene rings is 1. The van der Waals surface area contributed by atoms with Crippen molar-refractivity contribution in [3.8, 4) is 5.75 Å². The summed E-state index contributed by atoms with van der Waals surface area (Å²) in [7, 11) is 1.54. The summed E-state index contributed by atoms with van der Waals surface area (Å²) >= 11 is 0. The average Bonchev–Trinajstić information content (AvgIpc) is 2.78. The largest absolute Gasteiger partial charge is 0.495 e. The summed E-state index contributed by atoms with van der Waals surface area (Å²) < 4.78 is 46.3. The van der Waals surface area contributed by atoms with E-state index in [0.29, 0.717) is 43.9 Å². The van der Waals surface area contributed by atoms with Gasteiger partial charge in [0, 0.05) is 38.8 Å². The number of halogens is 3. The van der Waals surface area contributed by atoms with Crippen LogP contribution in [0.3, 0.4) is 0 Å². The van der Waals surface area contributed by atoms with E-state index in [0.717, 1.165) is 24.7 Å². The number of nitrogens with one attached hydrogen (secondary N) is 3. The molecule has 1 fully saturated rings. The molecule has 0 unspecified atom stereocenters. The highest BCUT2D eigenvalue weighted by Gasteiger charge is 2.36. The molecule has 11 heteroatoms. The lowest BCUT2D eigenvalue weighted by atomic mass is 10.00. The van der Waals surface area contributed by atoms with Crippen LogP contribution in [0.15, 0.2) is 18.3 Å². The first-order valence-corrected chi connectivity index (χ1v) is 10.9. The van der Waals surface area contributed by atoms with E-state index in [1.807, 2.05) is 12.1 Å². The van der Waals surface area contributed by atoms with Crippen molar-refractivity contribution in [3.63, 3.8) is 0 Å². The molecule has 2 aliphatic heterocycles. The first-order valence-electron chi connectivity index (χ1n) is 10.9. The topological polar surface area (TPSA) is 91.4 Å². The first-order chi connectivity index (χ1) is 15.7. The zero-order valence-corrected chi connectivity index (χ0v) is 18.6. The lowest BCUT2D eigenvalue weighted by Gasteiger charge is -2.32. The molecule has 2 aromatic rings. The minimum Gasteiger partial charge on any atom is -0.495 e. The molecule has 1 aromatic heterocycles. The van der Waals surface area contributed by atoms with Crippen LogP contribution in [0.4, 0.5) is 30.6 Å². The standard InChI is InChI=1S/C22H27F3N6O2/c1-13(32)31-7-4-16(5-8-31)28-20-17(22(23,24)25)12-27-21(30-20)29-18-9-15-11-26-6-3-14(15)10-19(18)33-2/h9-10,12,16,26H,3-8,11H2,1-2H3,(H2,27,28,29,30). The van der Waals surface area contributed by atoms with E-state index in [1.165, 1.54) is 12.5 Å². The van der Waals surface area contributed by atoms with Crippen LogP contribution >= 0.6 is 0 Å². The summed E-state index contributed by atoms with van der Waals surface area (Å²) in [4.78, 5) is 21.3. The molecular weight excluding hydrogens is 437 g/mol. The predicted molar refractivity (Wildman–Crippen MR) is 118 cm³/mol. The summed E-state index contributed by atoms with van der Waals surface area (Å²) in [6, 6.07) is 3.62. The highest BCUT2D eigenvalue weighted by molar-refractivity contribution is 5.73. The summed E-state index contributed by atoms with van der Waals surface area (Å²) in [5.41, 5.74) is 1.92. The molecule has 33 heavy (non-hydrogen) atoms. The van der Waals surface area contributed by atoms with Gasteiger partial charge in [-0.05, 0) is 49.1 Å². The lowest BCUT2D eigenvalue weighted by molar-refractivity contribution is -0.137. The lowest BCUT2D eigenvalue weighted by Crippen LogP contribution is -2.41. The van der Waals surface area contributed by atoms with Crippen LogP contribution in [0.1, 0.15) is 36.5 Å². The molecule has 0 bridgehead atoms. The van der Waals surface area contributed by atoms with Crippen molar-refractivity contribution in [3.05, 3.63) is 35.0 Å². The number of nitrogens with zero attached hydrogens (tertiary/aromatic N) is 3. The number of hydrogen-bond donors (Lipinski definition) is 3. The maximum Gasteiger partial charge on any atom is 0.421 e. The Labute approximate surface area is 189 Å². The average molecular weight is 464 g/mol. The van der Waals surface area contributed by atoms with Gasteiger partial charge in [-0.1, -0.05) is 0 Å². The molecule has 2 aliphatic rings. The number of carbonyl (C=O) groups is 1. The summed E-state index contributed by atoms with van der Waals surface area (Å²) in [6.45, 7) is 4.05. The van der Waals surface area contributed by atoms with E-state index < -0.39 is 11.7 Å². The van der Waals surface area contributed by atoms with Gasteiger partial charge in [0.15, 0.2) is 0 Å². The maximum absolute atomic E-state index is 13.6. The van der Waals surface area contributed by atoms with Crippen molar-refractivity contribution >= 4 is 23.4 Å². The molecule has 1 amide bonds. The molecule has 0 spiro atoms. The van der Waals surface area contributed by atoms with E-state index in [1.54, 1.807) is 12.0 Å². The fourth-order valence-electron chi connectivity index (χ4n) is 4.19. The van der Waals surface area contributed by atoms with Gasteiger partial charge in [0.2, 0.25) is 11.9 Å². The number of likely N-dealkylation sites (tertiary alicyclic amines) is 1. The zero-order chi connectivity index (χ0) is 23.6. The van der Waals surface area contributed by atoms with Crippen molar-refractivity contribution in [1.82, 2.24) is 20.2 Å². The summed E-state index contributed by atoms with van der Waals surface area (Å²) in [5, 5.41) is 9.25. The second-order valence-electron chi connectivity index (χ2n) is 8.25. The van der Waals surface area contributed by atoms with Crippen LogP contribution in [0, 0.1) is 0 Å². The van der Waals surface area contributed by atoms with Crippen LogP contribution in [-0.2, 0) is 23.9 Å². The maximum atomic E-state index is 13.6. The van der Waals surface area contributed by atoms with Gasteiger partial charge in [-0.3, -0.25) is 4.79 Å². The van der Waals surface area contributed by atoms with E-state index in [2.05, 4.69) is 25.9 Å². The molecule has 0 radical (unpaired) electrons. The molecule has 0 atom stereocenters. The predicted octanol–water partition coefficient (Wildman–Crippen LogP) is 3.32. The van der Waals surface area contributed by atoms with Crippen LogP contribution in [-0.4, -0.2) is 53.6 Å². The van der Waals surface area contributed by atoms with E-state index >= 15 is 0 Å². The van der Waals surface area contributed by atoms with E-state index in [-0.39, 0.29) is 23.7 Å². The number of methoxy groups -OCH3 is 1. The van der Waals surface area contributed by atoms with Crippen LogP contribution in [0.2, 0.25) is 0 Å². The number of carbonyl (C=O) groups excluding carboxylic acids is 1. The Balaban J connectivity index is 1.58. The van der Waals surface area contributed by atoms with Crippen LogP contribution < -0.4 is 20.7 Å². The summed E-state index contributed by atoms with van der Waals surface area (Å²) in [5.74, 6) is 0.297. The number of piperidine rings is 1. The van der Waals surface area contributed by atoms with Gasteiger partial charge in [-0.2, -0.15) is 18.2 Å². The number of amides is 1. The van der Waals surface area contributed by atoms with Crippen molar-refractivity contribution < 1.29 is 22.7 Å². The number of fused-ring (bicyclic) bond motifs is 1. The normalized spacial score (nSPS) is 16.8. The fraction of sp³-hybridized carbons (Fsp3) is 0.500. The van der Waals surface area contributed by atoms with Crippen LogP contribution in [0.5, 0.6) is 5.75 Å². The quantitative estimate of drug-likeness (QED) is 0.625. The third-order valence-electron chi connectivity index (χ3n) is 6.03. The summed E-state index contributed by atoms with van der Waals surface area (Å²) in [6.07, 6.45) is -1.87. The zero-order valence-electron chi connectivity index (χ0n) is 18.6. The Morgan fingerprint density at radius 1 is 1.24 bits per heavy atom. The molecule has 3 heterocycles. The molecular formula is C22H27F3N6O2. The smallest absolute Gasteiger partial charge is 0.421 e. The van der Waals surface area contributed by atoms with Gasteiger partial charge < -0.3 is 25.6 Å². The number of alkyl halides is 3. The molecule has 0 aliphatic carbocycles. The van der Waals surface area contributed by atoms with Gasteiger partial charge in [0.25, 0.3) is 0 Å². The second kappa shape index (κ2) is 9.42. The Morgan fingerprint density at radius 3 is 2.67 bits per heavy atom. The number of hydrogen-bond acceptors (Lipinski definition) is 7. The Hall–Kier alpha value is -3.08. The number of rotatable bonds is 5. The van der Waals surface area contributed by atoms with Crippen LogP contribution in [0.25, 0.3) is 0 Å². The molecule has 178 valence electrons. The van der Waals surface area contributed by atoms with Gasteiger partial charge in [0.1, 0.15) is 17.1 Å². The molecule has 3 N–H and O–H groups in total. The van der Waals surface area contributed by atoms with Crippen molar-refractivity contribution in [2.75, 3.05) is 37.4 Å². The third-order valence-corrected chi connectivity index (χ3v) is 6.03. The molecule has 8 nitrogen and oxygen atoms in total. The monoisotopic (exact) mass is 464 g/mol. The first kappa shape index (κ1) is 23.1. The van der Waals surface area contributed by atoms with Crippen molar-refractivity contribution in [1.29, 1.82) is 0 Å². The SMILES string of the molecule is COc1cc2c(cc1Nc1ncc(C(F)(F)F)c(NC3CCN(C(C)=O)CC3)n1)CNCC2. The highest BCUT2D eigenvalue weighted by atomic mass is 19.4. The minimum absolute atomic E-state index is 0.0350. The van der Waals surface area contributed by atoms with Gasteiger partial charge >= 0.3 is 6.18 Å². The number of aromatic nitrogens is 2. The minimum atomic E-state index is -4.60. The van der Waals surface area contributed by atoms with Crippen molar-refractivity contribution in [2.24, 2.45) is 0 Å². The molecule has 1 saturated heterocycles. The number of ether oxygens (including phenoxy) is 1. The molecule has 4 rings (SSSR count). The second-order valence-corrected chi connectivity index (χ2v) is 8.25. The van der Waals surface area contributed by atoms with E-state index in [4.69, 9.17) is 4.74 Å². The number of anilines is 3. The van der Waals surface area contributed by atoms with Crippen molar-refractivity contribution in [2.45, 2.75) is 44.9 Å². The Morgan fingerprint density at radius 2 is 2.00 bits per heavy atom. The molecule has 0 saturated carbocycles. The Bertz CT molecular complexity index is 1020. The van der Waals surface area contributed by atoms with Gasteiger partial charge in [-0.25, -0.2) is 4.98 Å². The highest BCUT2D eigenvalue weighted by Crippen LogP contribution is 2.36. The van der Waals surface area contributed by atoms with Gasteiger partial charge in [-0.15, -0.1) is 0 Å². The fourth-order valence-corrected chi connectivity index (χ4v) is 4.19. The molecule has 1 aromatic carbocycles.